The molecule has 0 fully saturated rings. The van der Waals surface area contributed by atoms with Crippen molar-refractivity contribution in [3.8, 4) is 11.5 Å². The fourth-order valence-corrected chi connectivity index (χ4v) is 3.86. The largest absolute Gasteiger partial charge is 0.504 e. The molecular formula is C29H46O5. The number of ketones is 1. The molecule has 0 heterocycles. The Kier molecular flexibility index (Phi) is 17.6. The highest BCUT2D eigenvalue weighted by atomic mass is 16.5. The van der Waals surface area contributed by atoms with Crippen molar-refractivity contribution in [3.63, 3.8) is 0 Å². The molecule has 0 unspecified atom stereocenters. The van der Waals surface area contributed by atoms with E-state index < -0.39 is 0 Å². The molecule has 1 rings (SSSR count). The van der Waals surface area contributed by atoms with E-state index in [1.54, 1.807) is 6.07 Å². The van der Waals surface area contributed by atoms with Crippen molar-refractivity contribution in [2.75, 3.05) is 6.61 Å². The van der Waals surface area contributed by atoms with Gasteiger partial charge in [-0.25, -0.2) is 0 Å². The van der Waals surface area contributed by atoms with E-state index in [0.717, 1.165) is 31.2 Å². The molecule has 0 saturated heterocycles. The molecule has 1 aromatic rings. The molecule has 2 N–H and O–H groups in total. The third-order valence-corrected chi connectivity index (χ3v) is 6.00. The van der Waals surface area contributed by atoms with Crippen LogP contribution < -0.4 is 0 Å². The Balaban J connectivity index is 1.90. The highest BCUT2D eigenvalue weighted by molar-refractivity contribution is 5.82. The number of benzene rings is 1. The standard InChI is InChI=1S/C29H46O5/c1-2-3-4-5-6-7-8-9-10-11-12-13-14-15-16-20-29(33)34-24-26(30)19-17-18-25-21-22-27(31)28(32)23-25/h9-10,21-23,31-32H,2-8,11-20,24H2,1H3/b10-9-. The van der Waals surface area contributed by atoms with Gasteiger partial charge in [0.05, 0.1) is 0 Å². The molecule has 0 aliphatic heterocycles. The van der Waals surface area contributed by atoms with E-state index in [2.05, 4.69) is 19.1 Å². The van der Waals surface area contributed by atoms with E-state index >= 15 is 0 Å². The summed E-state index contributed by atoms with van der Waals surface area (Å²) in [7, 11) is 0. The summed E-state index contributed by atoms with van der Waals surface area (Å²) in [5.74, 6) is -0.707. The number of carbonyl (C=O) groups is 2. The van der Waals surface area contributed by atoms with Gasteiger partial charge in [-0.3, -0.25) is 9.59 Å². The van der Waals surface area contributed by atoms with Crippen LogP contribution in [0.4, 0.5) is 0 Å². The first kappa shape index (κ1) is 29.7. The number of aryl methyl sites for hydroxylation is 1. The molecule has 0 saturated carbocycles. The Morgan fingerprint density at radius 3 is 2.03 bits per heavy atom. The minimum absolute atomic E-state index is 0.0964. The van der Waals surface area contributed by atoms with Crippen molar-refractivity contribution in [2.45, 2.75) is 116 Å². The number of hydrogen-bond donors (Lipinski definition) is 2. The number of aromatic hydroxyl groups is 2. The van der Waals surface area contributed by atoms with Gasteiger partial charge in [-0.1, -0.05) is 76.5 Å². The first-order valence-electron chi connectivity index (χ1n) is 13.4. The van der Waals surface area contributed by atoms with Crippen molar-refractivity contribution in [1.29, 1.82) is 0 Å². The van der Waals surface area contributed by atoms with Crippen molar-refractivity contribution in [2.24, 2.45) is 0 Å². The van der Waals surface area contributed by atoms with Gasteiger partial charge < -0.3 is 14.9 Å². The molecule has 0 aromatic heterocycles. The Bertz CT molecular complexity index is 710. The average molecular weight is 475 g/mol. The molecule has 0 aliphatic rings. The van der Waals surface area contributed by atoms with Gasteiger partial charge >= 0.3 is 5.97 Å². The second-order valence-corrected chi connectivity index (χ2v) is 9.21. The van der Waals surface area contributed by atoms with E-state index in [1.807, 2.05) is 0 Å². The number of rotatable bonds is 21. The normalized spacial score (nSPS) is 11.2. The average Bonchev–Trinajstić information content (AvgIpc) is 2.82. The summed E-state index contributed by atoms with van der Waals surface area (Å²) in [4.78, 5) is 23.7. The second-order valence-electron chi connectivity index (χ2n) is 9.21. The summed E-state index contributed by atoms with van der Waals surface area (Å²) in [6.45, 7) is 2.09. The Morgan fingerprint density at radius 2 is 1.38 bits per heavy atom. The molecule has 192 valence electrons. The lowest BCUT2D eigenvalue weighted by atomic mass is 10.1. The number of ether oxygens (including phenoxy) is 1. The van der Waals surface area contributed by atoms with Gasteiger partial charge in [0, 0.05) is 12.8 Å². The number of unbranched alkanes of at least 4 members (excludes halogenated alkanes) is 11. The zero-order valence-corrected chi connectivity index (χ0v) is 21.2. The van der Waals surface area contributed by atoms with Crippen LogP contribution in [0.1, 0.15) is 115 Å². The number of phenolic OH excluding ortho intramolecular Hbond substituents is 2. The zero-order chi connectivity index (χ0) is 24.9. The second kappa shape index (κ2) is 20.1. The molecule has 5 nitrogen and oxygen atoms in total. The van der Waals surface area contributed by atoms with Crippen molar-refractivity contribution in [3.05, 3.63) is 35.9 Å². The van der Waals surface area contributed by atoms with E-state index in [1.165, 1.54) is 69.9 Å². The Morgan fingerprint density at radius 1 is 0.765 bits per heavy atom. The summed E-state index contributed by atoms with van der Waals surface area (Å²) >= 11 is 0. The maximum Gasteiger partial charge on any atom is 0.306 e. The lowest BCUT2D eigenvalue weighted by molar-refractivity contribution is -0.148. The van der Waals surface area contributed by atoms with E-state index in [9.17, 15) is 19.8 Å². The van der Waals surface area contributed by atoms with Gasteiger partial charge in [0.1, 0.15) is 6.61 Å². The molecule has 0 spiro atoms. The van der Waals surface area contributed by atoms with Gasteiger partial charge in [-0.15, -0.1) is 0 Å². The predicted molar refractivity (Wildman–Crippen MR) is 138 cm³/mol. The molecule has 0 amide bonds. The molecule has 1 aromatic carbocycles. The minimum Gasteiger partial charge on any atom is -0.504 e. The monoisotopic (exact) mass is 474 g/mol. The van der Waals surface area contributed by atoms with Crippen LogP contribution in [0.5, 0.6) is 11.5 Å². The van der Waals surface area contributed by atoms with Gasteiger partial charge in [0.15, 0.2) is 17.3 Å². The van der Waals surface area contributed by atoms with Crippen LogP contribution in [0.3, 0.4) is 0 Å². The van der Waals surface area contributed by atoms with Crippen LogP contribution in [-0.2, 0) is 20.7 Å². The van der Waals surface area contributed by atoms with Crippen molar-refractivity contribution >= 4 is 11.8 Å². The van der Waals surface area contributed by atoms with Gasteiger partial charge in [-0.2, -0.15) is 0 Å². The summed E-state index contributed by atoms with van der Waals surface area (Å²) in [6, 6.07) is 4.64. The topological polar surface area (TPSA) is 83.8 Å². The predicted octanol–water partition coefficient (Wildman–Crippen LogP) is 7.57. The maximum atomic E-state index is 11.9. The van der Waals surface area contributed by atoms with Crippen LogP contribution in [0.2, 0.25) is 0 Å². The minimum atomic E-state index is -0.297. The van der Waals surface area contributed by atoms with Crippen molar-refractivity contribution < 1.29 is 24.5 Å². The van der Waals surface area contributed by atoms with Crippen LogP contribution in [0, 0.1) is 0 Å². The third-order valence-electron chi connectivity index (χ3n) is 6.00. The molecular weight excluding hydrogens is 428 g/mol. The first-order chi connectivity index (χ1) is 16.5. The lowest BCUT2D eigenvalue weighted by Crippen LogP contribution is -2.13. The van der Waals surface area contributed by atoms with Crippen LogP contribution >= 0.6 is 0 Å². The maximum absolute atomic E-state index is 11.9. The summed E-state index contributed by atoms with van der Waals surface area (Å²) in [5.41, 5.74) is 0.851. The third kappa shape index (κ3) is 16.3. The number of carbonyl (C=O) groups excluding carboxylic acids is 2. The Labute approximate surface area is 206 Å². The number of Topliss-reactive ketones (excluding diaryl/α,β-unsaturated/α-hetero) is 1. The number of allylic oxidation sites excluding steroid dienone is 2. The quantitative estimate of drug-likeness (QED) is 0.0830. The summed E-state index contributed by atoms with van der Waals surface area (Å²) in [5, 5.41) is 18.8. The Hall–Kier alpha value is -2.30. The highest BCUT2D eigenvalue weighted by Gasteiger charge is 2.08. The SMILES string of the molecule is CCCCCCCC/C=C\CCCCCCCC(=O)OCC(=O)CCCc1ccc(O)c(O)c1. The number of esters is 1. The molecule has 0 aliphatic carbocycles. The fraction of sp³-hybridized carbons (Fsp3) is 0.655. The zero-order valence-electron chi connectivity index (χ0n) is 21.2. The number of hydrogen-bond acceptors (Lipinski definition) is 5. The first-order valence-corrected chi connectivity index (χ1v) is 13.4. The summed E-state index contributed by atoms with van der Waals surface area (Å²) in [6.07, 6.45) is 22.4. The molecule has 0 atom stereocenters. The number of phenols is 2. The van der Waals surface area contributed by atoms with Crippen LogP contribution in [0.25, 0.3) is 0 Å². The van der Waals surface area contributed by atoms with E-state index in [-0.39, 0.29) is 29.9 Å². The molecule has 5 heteroatoms. The highest BCUT2D eigenvalue weighted by Crippen LogP contribution is 2.25. The molecule has 0 bridgehead atoms. The van der Waals surface area contributed by atoms with Crippen LogP contribution in [0.15, 0.2) is 30.4 Å². The van der Waals surface area contributed by atoms with Crippen molar-refractivity contribution in [1.82, 2.24) is 0 Å². The molecule has 34 heavy (non-hydrogen) atoms. The van der Waals surface area contributed by atoms with Gasteiger partial charge in [0.25, 0.3) is 0 Å². The summed E-state index contributed by atoms with van der Waals surface area (Å²) < 4.78 is 5.09. The molecule has 0 radical (unpaired) electrons. The smallest absolute Gasteiger partial charge is 0.306 e. The van der Waals surface area contributed by atoms with Crippen LogP contribution in [-0.4, -0.2) is 28.6 Å². The van der Waals surface area contributed by atoms with E-state index in [0.29, 0.717) is 25.7 Å². The van der Waals surface area contributed by atoms with E-state index in [4.69, 9.17) is 4.74 Å². The van der Waals surface area contributed by atoms with Gasteiger partial charge in [-0.05, 0) is 62.6 Å². The fourth-order valence-electron chi connectivity index (χ4n) is 3.86. The lowest BCUT2D eigenvalue weighted by Gasteiger charge is -2.05. The van der Waals surface area contributed by atoms with Gasteiger partial charge in [0.2, 0.25) is 0 Å².